The predicted octanol–water partition coefficient (Wildman–Crippen LogP) is 2.43. The Bertz CT molecular complexity index is 652. The molecule has 1 aromatic heterocycles. The van der Waals surface area contributed by atoms with Crippen molar-refractivity contribution < 1.29 is 9.47 Å². The Morgan fingerprint density at radius 2 is 2.05 bits per heavy atom. The van der Waals surface area contributed by atoms with Gasteiger partial charge in [-0.1, -0.05) is 0 Å². The van der Waals surface area contributed by atoms with Gasteiger partial charge in [0.25, 0.3) is 0 Å². The van der Waals surface area contributed by atoms with Crippen LogP contribution in [0.2, 0.25) is 0 Å². The number of methoxy groups -OCH3 is 1. The van der Waals surface area contributed by atoms with E-state index in [0.717, 1.165) is 17.0 Å². The van der Waals surface area contributed by atoms with E-state index in [2.05, 4.69) is 15.3 Å². The Morgan fingerprint density at radius 1 is 1.24 bits per heavy atom. The van der Waals surface area contributed by atoms with Crippen molar-refractivity contribution in [2.75, 3.05) is 25.6 Å². The second-order valence-corrected chi connectivity index (χ2v) is 4.31. The Hall–Kier alpha value is -2.65. The van der Waals surface area contributed by atoms with Crippen molar-refractivity contribution in [3.8, 4) is 11.8 Å². The van der Waals surface area contributed by atoms with Crippen molar-refractivity contribution in [2.24, 2.45) is 0 Å². The van der Waals surface area contributed by atoms with E-state index in [0.29, 0.717) is 19.0 Å². The molecule has 2 aromatic rings. The molecule has 1 heterocycles. The van der Waals surface area contributed by atoms with E-state index < -0.39 is 0 Å². The van der Waals surface area contributed by atoms with E-state index in [-0.39, 0.29) is 5.69 Å². The van der Waals surface area contributed by atoms with Crippen LogP contribution in [-0.4, -0.2) is 30.3 Å². The maximum Gasteiger partial charge on any atom is 0.183 e. The standard InChI is InChI=1S/C15H16N4O2/c1-11-9-12(21-8-7-20-2)3-4-13(11)19-15-14(10-16)17-5-6-18-15/h3-6,9H,7-8H2,1-2H3,(H,18,19). The van der Waals surface area contributed by atoms with Gasteiger partial charge in [0.15, 0.2) is 11.5 Å². The summed E-state index contributed by atoms with van der Waals surface area (Å²) >= 11 is 0. The van der Waals surface area contributed by atoms with E-state index in [1.807, 2.05) is 31.2 Å². The van der Waals surface area contributed by atoms with Crippen LogP contribution in [0.25, 0.3) is 0 Å². The number of nitriles is 1. The first-order chi connectivity index (χ1) is 10.2. The summed E-state index contributed by atoms with van der Waals surface area (Å²) in [5.41, 5.74) is 2.10. The number of rotatable bonds is 6. The first kappa shape index (κ1) is 14.8. The van der Waals surface area contributed by atoms with Crippen LogP contribution in [0, 0.1) is 18.3 Å². The topological polar surface area (TPSA) is 80.1 Å². The van der Waals surface area contributed by atoms with Crippen LogP contribution in [0.1, 0.15) is 11.3 Å². The summed E-state index contributed by atoms with van der Waals surface area (Å²) in [4.78, 5) is 8.09. The Labute approximate surface area is 123 Å². The number of aryl methyl sites for hydroxylation is 1. The average molecular weight is 284 g/mol. The zero-order chi connectivity index (χ0) is 15.1. The van der Waals surface area contributed by atoms with Crippen molar-refractivity contribution in [2.45, 2.75) is 6.92 Å². The lowest BCUT2D eigenvalue weighted by Gasteiger charge is -2.11. The molecule has 0 amide bonds. The molecule has 0 atom stereocenters. The summed E-state index contributed by atoms with van der Waals surface area (Å²) < 4.78 is 10.5. The maximum atomic E-state index is 9.01. The molecule has 2 rings (SSSR count). The summed E-state index contributed by atoms with van der Waals surface area (Å²) in [6, 6.07) is 7.66. The van der Waals surface area contributed by atoms with Crippen LogP contribution in [0.4, 0.5) is 11.5 Å². The molecule has 0 radical (unpaired) electrons. The lowest BCUT2D eigenvalue weighted by atomic mass is 10.2. The molecule has 6 nitrogen and oxygen atoms in total. The van der Waals surface area contributed by atoms with Gasteiger partial charge in [-0.3, -0.25) is 0 Å². The van der Waals surface area contributed by atoms with Crippen LogP contribution in [-0.2, 0) is 4.74 Å². The number of ether oxygens (including phenoxy) is 2. The number of aromatic nitrogens is 2. The summed E-state index contributed by atoms with van der Waals surface area (Å²) in [5, 5.41) is 12.1. The van der Waals surface area contributed by atoms with Crippen LogP contribution in [0.3, 0.4) is 0 Å². The molecule has 0 aliphatic heterocycles. The molecule has 0 aliphatic carbocycles. The predicted molar refractivity (Wildman–Crippen MR) is 78.6 cm³/mol. The summed E-state index contributed by atoms with van der Waals surface area (Å²) in [6.07, 6.45) is 3.03. The summed E-state index contributed by atoms with van der Waals surface area (Å²) in [7, 11) is 1.63. The highest BCUT2D eigenvalue weighted by Crippen LogP contribution is 2.24. The summed E-state index contributed by atoms with van der Waals surface area (Å²) in [5.74, 6) is 1.21. The van der Waals surface area contributed by atoms with Gasteiger partial charge in [0, 0.05) is 25.2 Å². The number of anilines is 2. The molecule has 1 aromatic carbocycles. The highest BCUT2D eigenvalue weighted by atomic mass is 16.5. The van der Waals surface area contributed by atoms with Gasteiger partial charge in [-0.15, -0.1) is 0 Å². The number of hydrogen-bond acceptors (Lipinski definition) is 6. The molecule has 6 heteroatoms. The van der Waals surface area contributed by atoms with Crippen LogP contribution >= 0.6 is 0 Å². The van der Waals surface area contributed by atoms with Gasteiger partial charge in [0.05, 0.1) is 6.61 Å². The Balaban J connectivity index is 2.12. The van der Waals surface area contributed by atoms with Crippen molar-refractivity contribution in [3.05, 3.63) is 41.9 Å². The lowest BCUT2D eigenvalue weighted by Crippen LogP contribution is -2.05. The Kier molecular flexibility index (Phi) is 5.07. The SMILES string of the molecule is COCCOc1ccc(Nc2nccnc2C#N)c(C)c1. The molecule has 21 heavy (non-hydrogen) atoms. The minimum atomic E-state index is 0.261. The van der Waals surface area contributed by atoms with E-state index in [4.69, 9.17) is 14.7 Å². The number of benzene rings is 1. The van der Waals surface area contributed by atoms with E-state index >= 15 is 0 Å². The second kappa shape index (κ2) is 7.22. The van der Waals surface area contributed by atoms with E-state index in [1.54, 1.807) is 13.3 Å². The zero-order valence-electron chi connectivity index (χ0n) is 12.0. The van der Waals surface area contributed by atoms with E-state index in [1.165, 1.54) is 6.20 Å². The second-order valence-electron chi connectivity index (χ2n) is 4.31. The smallest absolute Gasteiger partial charge is 0.183 e. The largest absolute Gasteiger partial charge is 0.491 e. The van der Waals surface area contributed by atoms with Gasteiger partial charge >= 0.3 is 0 Å². The van der Waals surface area contributed by atoms with Gasteiger partial charge in [-0.05, 0) is 30.7 Å². The number of nitrogens with zero attached hydrogens (tertiary/aromatic N) is 3. The minimum Gasteiger partial charge on any atom is -0.491 e. The average Bonchev–Trinajstić information content (AvgIpc) is 2.50. The van der Waals surface area contributed by atoms with Crippen LogP contribution in [0.15, 0.2) is 30.6 Å². The van der Waals surface area contributed by atoms with Crippen molar-refractivity contribution in [1.82, 2.24) is 9.97 Å². The maximum absolute atomic E-state index is 9.01. The molecule has 0 saturated heterocycles. The third-order valence-electron chi connectivity index (χ3n) is 2.81. The van der Waals surface area contributed by atoms with Crippen LogP contribution < -0.4 is 10.1 Å². The quantitative estimate of drug-likeness (QED) is 0.821. The zero-order valence-corrected chi connectivity index (χ0v) is 12.0. The van der Waals surface area contributed by atoms with Crippen molar-refractivity contribution in [3.63, 3.8) is 0 Å². The molecule has 0 bridgehead atoms. The fourth-order valence-electron chi connectivity index (χ4n) is 1.75. The fourth-order valence-corrected chi connectivity index (χ4v) is 1.75. The molecule has 0 saturated carbocycles. The van der Waals surface area contributed by atoms with Crippen molar-refractivity contribution in [1.29, 1.82) is 5.26 Å². The minimum absolute atomic E-state index is 0.261. The lowest BCUT2D eigenvalue weighted by molar-refractivity contribution is 0.146. The molecular weight excluding hydrogens is 268 g/mol. The third kappa shape index (κ3) is 3.91. The molecule has 0 fully saturated rings. The molecule has 1 N–H and O–H groups in total. The summed E-state index contributed by atoms with van der Waals surface area (Å²) in [6.45, 7) is 3.00. The normalized spacial score (nSPS) is 9.95. The number of hydrogen-bond donors (Lipinski definition) is 1. The van der Waals surface area contributed by atoms with Crippen molar-refractivity contribution >= 4 is 11.5 Å². The molecule has 0 aliphatic rings. The first-order valence-electron chi connectivity index (χ1n) is 6.45. The highest BCUT2D eigenvalue weighted by molar-refractivity contribution is 5.64. The first-order valence-corrected chi connectivity index (χ1v) is 6.45. The van der Waals surface area contributed by atoms with Gasteiger partial charge < -0.3 is 14.8 Å². The molecule has 0 spiro atoms. The van der Waals surface area contributed by atoms with Gasteiger partial charge in [0.1, 0.15) is 18.4 Å². The Morgan fingerprint density at radius 3 is 2.76 bits per heavy atom. The monoisotopic (exact) mass is 284 g/mol. The fraction of sp³-hybridized carbons (Fsp3) is 0.267. The highest BCUT2D eigenvalue weighted by Gasteiger charge is 2.07. The van der Waals surface area contributed by atoms with Gasteiger partial charge in [0.2, 0.25) is 0 Å². The number of nitrogens with one attached hydrogen (secondary N) is 1. The van der Waals surface area contributed by atoms with Crippen LogP contribution in [0.5, 0.6) is 5.75 Å². The molecular formula is C15H16N4O2. The molecule has 108 valence electrons. The molecule has 0 unspecified atom stereocenters. The third-order valence-corrected chi connectivity index (χ3v) is 2.81. The van der Waals surface area contributed by atoms with Gasteiger partial charge in [-0.2, -0.15) is 5.26 Å². The van der Waals surface area contributed by atoms with Gasteiger partial charge in [-0.25, -0.2) is 9.97 Å². The van der Waals surface area contributed by atoms with E-state index in [9.17, 15) is 0 Å².